The van der Waals surface area contributed by atoms with Gasteiger partial charge < -0.3 is 15.0 Å². The molecule has 0 radical (unpaired) electrons. The van der Waals surface area contributed by atoms with Crippen molar-refractivity contribution >= 4 is 5.91 Å². The summed E-state index contributed by atoms with van der Waals surface area (Å²) in [5, 5.41) is 3.31. The Bertz CT molecular complexity index is 266. The molecule has 0 aromatic rings. The topological polar surface area (TPSA) is 44.8 Å². The van der Waals surface area contributed by atoms with Gasteiger partial charge in [-0.15, -0.1) is 0 Å². The number of carbonyl (C=O) groups is 1. The molecule has 2 atom stereocenters. The van der Waals surface area contributed by atoms with E-state index in [-0.39, 0.29) is 18.1 Å². The first-order valence-corrected chi connectivity index (χ1v) is 6.53. The molecular formula is C12H23N3O2. The van der Waals surface area contributed by atoms with E-state index in [1.165, 1.54) is 0 Å². The summed E-state index contributed by atoms with van der Waals surface area (Å²) in [6.07, 6.45) is 0.169. The first-order valence-electron chi connectivity index (χ1n) is 6.53. The molecule has 2 saturated heterocycles. The standard InChI is InChI=1S/C12H23N3O2/c1-10-9-15(7-8-17-10)12(16)11(2)14-5-3-13-4-6-14/h10-11,13H,3-9H2,1-2H3. The van der Waals surface area contributed by atoms with Crippen molar-refractivity contribution in [2.24, 2.45) is 0 Å². The van der Waals surface area contributed by atoms with Gasteiger partial charge in [0.05, 0.1) is 18.8 Å². The molecule has 2 fully saturated rings. The second-order valence-corrected chi connectivity index (χ2v) is 4.93. The lowest BCUT2D eigenvalue weighted by Gasteiger charge is -2.37. The van der Waals surface area contributed by atoms with Crippen LogP contribution >= 0.6 is 0 Å². The molecule has 0 aliphatic carbocycles. The minimum Gasteiger partial charge on any atom is -0.375 e. The maximum Gasteiger partial charge on any atom is 0.239 e. The predicted molar refractivity (Wildman–Crippen MR) is 65.9 cm³/mol. The van der Waals surface area contributed by atoms with Crippen LogP contribution in [0.4, 0.5) is 0 Å². The van der Waals surface area contributed by atoms with Crippen molar-refractivity contribution in [1.29, 1.82) is 0 Å². The molecule has 1 N–H and O–H groups in total. The van der Waals surface area contributed by atoms with Gasteiger partial charge in [0.2, 0.25) is 5.91 Å². The van der Waals surface area contributed by atoms with Crippen LogP contribution in [0.2, 0.25) is 0 Å². The molecule has 5 heteroatoms. The van der Waals surface area contributed by atoms with Crippen LogP contribution in [0.1, 0.15) is 13.8 Å². The molecule has 1 amide bonds. The molecule has 98 valence electrons. The summed E-state index contributed by atoms with van der Waals surface area (Å²) in [6.45, 7) is 10.1. The summed E-state index contributed by atoms with van der Waals surface area (Å²) in [6, 6.07) is 0.00222. The molecule has 5 nitrogen and oxygen atoms in total. The molecule has 2 aliphatic heterocycles. The van der Waals surface area contributed by atoms with Gasteiger partial charge in [0, 0.05) is 39.3 Å². The van der Waals surface area contributed by atoms with Crippen molar-refractivity contribution in [1.82, 2.24) is 15.1 Å². The van der Waals surface area contributed by atoms with Crippen molar-refractivity contribution < 1.29 is 9.53 Å². The van der Waals surface area contributed by atoms with Gasteiger partial charge in [0.15, 0.2) is 0 Å². The highest BCUT2D eigenvalue weighted by Crippen LogP contribution is 2.10. The molecule has 17 heavy (non-hydrogen) atoms. The lowest BCUT2D eigenvalue weighted by molar-refractivity contribution is -0.143. The number of hydrogen-bond acceptors (Lipinski definition) is 4. The summed E-state index contributed by atoms with van der Waals surface area (Å²) in [7, 11) is 0. The third-order valence-corrected chi connectivity index (χ3v) is 3.61. The summed E-state index contributed by atoms with van der Waals surface area (Å²) in [5.41, 5.74) is 0. The number of ether oxygens (including phenoxy) is 1. The first kappa shape index (κ1) is 12.8. The van der Waals surface area contributed by atoms with E-state index in [4.69, 9.17) is 4.74 Å². The fourth-order valence-corrected chi connectivity index (χ4v) is 2.51. The highest BCUT2D eigenvalue weighted by molar-refractivity contribution is 5.81. The Morgan fingerprint density at radius 2 is 2.06 bits per heavy atom. The zero-order chi connectivity index (χ0) is 12.3. The van der Waals surface area contributed by atoms with E-state index in [9.17, 15) is 4.79 Å². The summed E-state index contributed by atoms with van der Waals surface area (Å²) in [5.74, 6) is 0.252. The Balaban J connectivity index is 1.89. The van der Waals surface area contributed by atoms with E-state index in [0.29, 0.717) is 6.61 Å². The smallest absolute Gasteiger partial charge is 0.239 e. The largest absolute Gasteiger partial charge is 0.375 e. The number of piperazine rings is 1. The molecular weight excluding hydrogens is 218 g/mol. The van der Waals surface area contributed by atoms with Crippen molar-refractivity contribution in [3.05, 3.63) is 0 Å². The lowest BCUT2D eigenvalue weighted by Crippen LogP contribution is -2.56. The Morgan fingerprint density at radius 3 is 2.71 bits per heavy atom. The maximum atomic E-state index is 12.4. The lowest BCUT2D eigenvalue weighted by atomic mass is 10.2. The van der Waals surface area contributed by atoms with E-state index >= 15 is 0 Å². The molecule has 0 saturated carbocycles. The minimum atomic E-state index is 0.00222. The molecule has 0 spiro atoms. The Hall–Kier alpha value is -0.650. The molecule has 2 heterocycles. The molecule has 2 unspecified atom stereocenters. The van der Waals surface area contributed by atoms with Crippen LogP contribution in [0.5, 0.6) is 0 Å². The monoisotopic (exact) mass is 241 g/mol. The van der Waals surface area contributed by atoms with Gasteiger partial charge in [-0.05, 0) is 13.8 Å². The average Bonchev–Trinajstić information content (AvgIpc) is 2.38. The van der Waals surface area contributed by atoms with Gasteiger partial charge in [0.1, 0.15) is 0 Å². The second-order valence-electron chi connectivity index (χ2n) is 4.93. The summed E-state index contributed by atoms with van der Waals surface area (Å²) >= 11 is 0. The van der Waals surface area contributed by atoms with Crippen LogP contribution in [-0.2, 0) is 9.53 Å². The van der Waals surface area contributed by atoms with Crippen molar-refractivity contribution in [3.63, 3.8) is 0 Å². The van der Waals surface area contributed by atoms with Crippen LogP contribution in [0.15, 0.2) is 0 Å². The fourth-order valence-electron chi connectivity index (χ4n) is 2.51. The van der Waals surface area contributed by atoms with Crippen LogP contribution in [0, 0.1) is 0 Å². The van der Waals surface area contributed by atoms with Crippen molar-refractivity contribution in [2.75, 3.05) is 45.9 Å². The van der Waals surface area contributed by atoms with Crippen molar-refractivity contribution in [2.45, 2.75) is 26.0 Å². The SMILES string of the molecule is CC1CN(C(=O)C(C)N2CCNCC2)CCO1. The maximum absolute atomic E-state index is 12.4. The van der Waals surface area contributed by atoms with Crippen molar-refractivity contribution in [3.8, 4) is 0 Å². The van der Waals surface area contributed by atoms with Gasteiger partial charge in [-0.2, -0.15) is 0 Å². The Morgan fingerprint density at radius 1 is 1.35 bits per heavy atom. The second kappa shape index (κ2) is 5.80. The predicted octanol–water partition coefficient (Wildman–Crippen LogP) is -0.473. The number of nitrogens with zero attached hydrogens (tertiary/aromatic N) is 2. The number of morpholine rings is 1. The van der Waals surface area contributed by atoms with E-state index in [0.717, 1.165) is 39.3 Å². The molecule has 0 aromatic heterocycles. The Kier molecular flexibility index (Phi) is 4.36. The van der Waals surface area contributed by atoms with Crippen LogP contribution in [0.3, 0.4) is 0 Å². The molecule has 2 rings (SSSR count). The van der Waals surface area contributed by atoms with E-state index in [1.807, 2.05) is 18.7 Å². The zero-order valence-corrected chi connectivity index (χ0v) is 10.8. The number of nitrogens with one attached hydrogen (secondary N) is 1. The highest BCUT2D eigenvalue weighted by atomic mass is 16.5. The van der Waals surface area contributed by atoms with E-state index in [1.54, 1.807) is 0 Å². The highest BCUT2D eigenvalue weighted by Gasteiger charge is 2.29. The first-order chi connectivity index (χ1) is 8.18. The normalized spacial score (nSPS) is 29.1. The number of amides is 1. The van der Waals surface area contributed by atoms with Gasteiger partial charge >= 0.3 is 0 Å². The Labute approximate surface area is 103 Å². The van der Waals surface area contributed by atoms with Gasteiger partial charge in [-0.3, -0.25) is 9.69 Å². The quantitative estimate of drug-likeness (QED) is 0.710. The third kappa shape index (κ3) is 3.18. The van der Waals surface area contributed by atoms with Gasteiger partial charge in [0.25, 0.3) is 0 Å². The van der Waals surface area contributed by atoms with Crippen LogP contribution in [-0.4, -0.2) is 73.7 Å². The molecule has 2 aliphatic rings. The summed E-state index contributed by atoms with van der Waals surface area (Å²) in [4.78, 5) is 16.6. The summed E-state index contributed by atoms with van der Waals surface area (Å²) < 4.78 is 5.47. The van der Waals surface area contributed by atoms with Gasteiger partial charge in [-0.1, -0.05) is 0 Å². The average molecular weight is 241 g/mol. The molecule has 0 bridgehead atoms. The number of rotatable bonds is 2. The van der Waals surface area contributed by atoms with Crippen LogP contribution < -0.4 is 5.32 Å². The van der Waals surface area contributed by atoms with E-state index < -0.39 is 0 Å². The number of carbonyl (C=O) groups excluding carboxylic acids is 1. The van der Waals surface area contributed by atoms with E-state index in [2.05, 4.69) is 10.2 Å². The van der Waals surface area contributed by atoms with Gasteiger partial charge in [-0.25, -0.2) is 0 Å². The fraction of sp³-hybridized carbons (Fsp3) is 0.917. The molecule has 0 aromatic carbocycles. The third-order valence-electron chi connectivity index (χ3n) is 3.61. The van der Waals surface area contributed by atoms with Crippen LogP contribution in [0.25, 0.3) is 0 Å². The zero-order valence-electron chi connectivity index (χ0n) is 10.8. The number of hydrogen-bond donors (Lipinski definition) is 1. The minimum absolute atomic E-state index is 0.00222.